The van der Waals surface area contributed by atoms with Crippen molar-refractivity contribution in [3.05, 3.63) is 29.8 Å². The minimum atomic E-state index is 0.358. The van der Waals surface area contributed by atoms with Crippen LogP contribution in [0.1, 0.15) is 24.8 Å². The van der Waals surface area contributed by atoms with Crippen LogP contribution in [0, 0.1) is 0 Å². The summed E-state index contributed by atoms with van der Waals surface area (Å²) in [5.41, 5.74) is 7.88. The molecule has 1 atom stereocenters. The lowest BCUT2D eigenvalue weighted by atomic mass is 10.1. The van der Waals surface area contributed by atoms with Crippen LogP contribution in [0.15, 0.2) is 24.3 Å². The molecule has 3 rings (SSSR count). The standard InChI is InChI=1S/C16H23N3O/c17-14-5-3-13(4-6-14)2-1-9-18-10-11-19-15(12-18)7-8-16(19)20/h3-6,15H,1-2,7-12,17H2. The zero-order chi connectivity index (χ0) is 13.9. The van der Waals surface area contributed by atoms with Gasteiger partial charge in [0.05, 0.1) is 0 Å². The van der Waals surface area contributed by atoms with Crippen molar-refractivity contribution >= 4 is 11.6 Å². The molecule has 0 aromatic heterocycles. The van der Waals surface area contributed by atoms with E-state index in [4.69, 9.17) is 5.73 Å². The SMILES string of the molecule is Nc1ccc(CCCN2CCN3C(=O)CCC3C2)cc1. The van der Waals surface area contributed by atoms with Gasteiger partial charge in [0.25, 0.3) is 0 Å². The highest BCUT2D eigenvalue weighted by atomic mass is 16.2. The Morgan fingerprint density at radius 1 is 1.20 bits per heavy atom. The fraction of sp³-hybridized carbons (Fsp3) is 0.562. The molecule has 1 aromatic rings. The van der Waals surface area contributed by atoms with E-state index in [2.05, 4.69) is 21.9 Å². The highest BCUT2D eigenvalue weighted by molar-refractivity contribution is 5.78. The molecular weight excluding hydrogens is 250 g/mol. The maximum Gasteiger partial charge on any atom is 0.222 e. The number of hydrogen-bond donors (Lipinski definition) is 1. The number of piperazine rings is 1. The summed E-state index contributed by atoms with van der Waals surface area (Å²) in [5, 5.41) is 0. The topological polar surface area (TPSA) is 49.6 Å². The molecule has 4 heteroatoms. The van der Waals surface area contributed by atoms with Gasteiger partial charge in [-0.1, -0.05) is 12.1 Å². The molecule has 2 saturated heterocycles. The molecule has 1 aromatic carbocycles. The summed E-state index contributed by atoms with van der Waals surface area (Å²) in [5.74, 6) is 0.358. The van der Waals surface area contributed by atoms with Crippen LogP contribution >= 0.6 is 0 Å². The van der Waals surface area contributed by atoms with Gasteiger partial charge in [-0.25, -0.2) is 0 Å². The monoisotopic (exact) mass is 273 g/mol. The van der Waals surface area contributed by atoms with Gasteiger partial charge in [-0.15, -0.1) is 0 Å². The van der Waals surface area contributed by atoms with E-state index < -0.39 is 0 Å². The average molecular weight is 273 g/mol. The summed E-state index contributed by atoms with van der Waals surface area (Å²) in [6.07, 6.45) is 4.08. The van der Waals surface area contributed by atoms with Crippen LogP contribution in [0.4, 0.5) is 5.69 Å². The summed E-state index contributed by atoms with van der Waals surface area (Å²) in [7, 11) is 0. The summed E-state index contributed by atoms with van der Waals surface area (Å²) < 4.78 is 0. The van der Waals surface area contributed by atoms with Crippen molar-refractivity contribution in [1.29, 1.82) is 0 Å². The Hall–Kier alpha value is -1.55. The second kappa shape index (κ2) is 5.83. The predicted octanol–water partition coefficient (Wildman–Crippen LogP) is 1.51. The third-order valence-electron chi connectivity index (χ3n) is 4.50. The molecule has 20 heavy (non-hydrogen) atoms. The number of nitrogens with zero attached hydrogens (tertiary/aromatic N) is 2. The van der Waals surface area contributed by atoms with Crippen LogP contribution in [-0.2, 0) is 11.2 Å². The third kappa shape index (κ3) is 2.96. The van der Waals surface area contributed by atoms with Crippen molar-refractivity contribution in [2.24, 2.45) is 0 Å². The van der Waals surface area contributed by atoms with Gasteiger partial charge < -0.3 is 10.6 Å². The van der Waals surface area contributed by atoms with Gasteiger partial charge in [0, 0.05) is 37.8 Å². The van der Waals surface area contributed by atoms with Crippen LogP contribution in [0.5, 0.6) is 0 Å². The van der Waals surface area contributed by atoms with Crippen molar-refractivity contribution in [2.45, 2.75) is 31.7 Å². The predicted molar refractivity (Wildman–Crippen MR) is 80.4 cm³/mol. The Morgan fingerprint density at radius 3 is 2.80 bits per heavy atom. The molecule has 1 unspecified atom stereocenters. The van der Waals surface area contributed by atoms with Gasteiger partial charge in [0.1, 0.15) is 0 Å². The normalized spacial score (nSPS) is 23.1. The first-order valence-electron chi connectivity index (χ1n) is 7.58. The first kappa shape index (κ1) is 13.4. The van der Waals surface area contributed by atoms with Crippen molar-refractivity contribution < 1.29 is 4.79 Å². The molecule has 108 valence electrons. The number of carbonyl (C=O) groups is 1. The number of aryl methyl sites for hydroxylation is 1. The zero-order valence-electron chi connectivity index (χ0n) is 11.9. The van der Waals surface area contributed by atoms with E-state index in [0.717, 1.165) is 51.1 Å². The zero-order valence-corrected chi connectivity index (χ0v) is 11.9. The average Bonchev–Trinajstić information content (AvgIpc) is 2.82. The molecule has 0 bridgehead atoms. The van der Waals surface area contributed by atoms with Gasteiger partial charge in [-0.05, 0) is 43.5 Å². The number of benzene rings is 1. The Labute approximate surface area is 120 Å². The Bertz CT molecular complexity index is 471. The van der Waals surface area contributed by atoms with E-state index in [0.29, 0.717) is 11.9 Å². The van der Waals surface area contributed by atoms with E-state index in [1.165, 1.54) is 12.0 Å². The first-order chi connectivity index (χ1) is 9.72. The number of rotatable bonds is 4. The van der Waals surface area contributed by atoms with Crippen LogP contribution in [0.2, 0.25) is 0 Å². The highest BCUT2D eigenvalue weighted by Gasteiger charge is 2.34. The molecule has 0 spiro atoms. The van der Waals surface area contributed by atoms with Crippen LogP contribution in [0.25, 0.3) is 0 Å². The molecule has 2 aliphatic rings. The number of nitrogen functional groups attached to an aromatic ring is 1. The minimum Gasteiger partial charge on any atom is -0.399 e. The molecular formula is C16H23N3O. The van der Waals surface area contributed by atoms with Gasteiger partial charge >= 0.3 is 0 Å². The van der Waals surface area contributed by atoms with E-state index in [-0.39, 0.29) is 0 Å². The maximum atomic E-state index is 11.6. The molecule has 2 aliphatic heterocycles. The molecule has 0 saturated carbocycles. The smallest absolute Gasteiger partial charge is 0.222 e. The fourth-order valence-electron chi connectivity index (χ4n) is 3.32. The maximum absolute atomic E-state index is 11.6. The number of hydrogen-bond acceptors (Lipinski definition) is 3. The van der Waals surface area contributed by atoms with Crippen LogP contribution in [-0.4, -0.2) is 47.9 Å². The summed E-state index contributed by atoms with van der Waals surface area (Å²) in [6.45, 7) is 4.14. The van der Waals surface area contributed by atoms with Crippen molar-refractivity contribution in [3.8, 4) is 0 Å². The number of nitrogens with two attached hydrogens (primary N) is 1. The Kier molecular flexibility index (Phi) is 3.92. The van der Waals surface area contributed by atoms with Gasteiger partial charge in [0.2, 0.25) is 5.91 Å². The van der Waals surface area contributed by atoms with Crippen molar-refractivity contribution in [2.75, 3.05) is 31.9 Å². The largest absolute Gasteiger partial charge is 0.399 e. The Balaban J connectivity index is 1.43. The second-order valence-corrected chi connectivity index (χ2v) is 5.93. The van der Waals surface area contributed by atoms with E-state index in [1.807, 2.05) is 12.1 Å². The summed E-state index contributed by atoms with van der Waals surface area (Å²) >= 11 is 0. The molecule has 0 radical (unpaired) electrons. The lowest BCUT2D eigenvalue weighted by molar-refractivity contribution is -0.130. The number of anilines is 1. The number of fused-ring (bicyclic) bond motifs is 1. The van der Waals surface area contributed by atoms with Gasteiger partial charge in [0.15, 0.2) is 0 Å². The lowest BCUT2D eigenvalue weighted by Gasteiger charge is -2.37. The summed E-state index contributed by atoms with van der Waals surface area (Å²) in [6, 6.07) is 8.65. The second-order valence-electron chi connectivity index (χ2n) is 5.93. The minimum absolute atomic E-state index is 0.358. The molecule has 2 fully saturated rings. The van der Waals surface area contributed by atoms with Gasteiger partial charge in [-0.2, -0.15) is 0 Å². The fourth-order valence-corrected chi connectivity index (χ4v) is 3.32. The van der Waals surface area contributed by atoms with E-state index >= 15 is 0 Å². The lowest BCUT2D eigenvalue weighted by Crippen LogP contribution is -2.51. The molecule has 4 nitrogen and oxygen atoms in total. The van der Waals surface area contributed by atoms with E-state index in [1.54, 1.807) is 0 Å². The molecule has 2 N–H and O–H groups in total. The molecule has 1 amide bonds. The van der Waals surface area contributed by atoms with Crippen LogP contribution < -0.4 is 5.73 Å². The van der Waals surface area contributed by atoms with E-state index in [9.17, 15) is 4.79 Å². The van der Waals surface area contributed by atoms with Crippen LogP contribution in [0.3, 0.4) is 0 Å². The van der Waals surface area contributed by atoms with Gasteiger partial charge in [-0.3, -0.25) is 9.69 Å². The van der Waals surface area contributed by atoms with Crippen molar-refractivity contribution in [3.63, 3.8) is 0 Å². The quantitative estimate of drug-likeness (QED) is 0.846. The number of amides is 1. The Morgan fingerprint density at radius 2 is 2.00 bits per heavy atom. The highest BCUT2D eigenvalue weighted by Crippen LogP contribution is 2.22. The summed E-state index contributed by atoms with van der Waals surface area (Å²) in [4.78, 5) is 16.2. The van der Waals surface area contributed by atoms with Crippen molar-refractivity contribution in [1.82, 2.24) is 9.80 Å². The third-order valence-corrected chi connectivity index (χ3v) is 4.50. The molecule has 2 heterocycles. The number of carbonyl (C=O) groups excluding carboxylic acids is 1. The first-order valence-corrected chi connectivity index (χ1v) is 7.58. The molecule has 0 aliphatic carbocycles.